The molecule has 5 heteroatoms. The first-order chi connectivity index (χ1) is 10.2. The van der Waals surface area contributed by atoms with E-state index in [1.165, 1.54) is 23.9 Å². The molecule has 2 rings (SSSR count). The molecule has 0 aliphatic heterocycles. The first-order valence-electron chi connectivity index (χ1n) is 6.45. The summed E-state index contributed by atoms with van der Waals surface area (Å²) in [4.78, 5) is 12.8. The van der Waals surface area contributed by atoms with E-state index >= 15 is 0 Å². The molecule has 21 heavy (non-hydrogen) atoms. The molecule has 0 unspecified atom stereocenters. The fourth-order valence-corrected chi connectivity index (χ4v) is 2.47. The third-order valence-corrected chi connectivity index (χ3v) is 3.81. The van der Waals surface area contributed by atoms with Crippen molar-refractivity contribution in [1.82, 2.24) is 5.32 Å². The molecule has 0 bridgehead atoms. The molecule has 2 aromatic carbocycles. The number of ether oxygens (including phenoxy) is 1. The van der Waals surface area contributed by atoms with Crippen LogP contribution in [0.3, 0.4) is 0 Å². The zero-order chi connectivity index (χ0) is 15.1. The van der Waals surface area contributed by atoms with Gasteiger partial charge >= 0.3 is 0 Å². The van der Waals surface area contributed by atoms with Crippen molar-refractivity contribution >= 4 is 17.7 Å². The van der Waals surface area contributed by atoms with Crippen molar-refractivity contribution in [2.75, 3.05) is 12.9 Å². The molecule has 0 saturated heterocycles. The van der Waals surface area contributed by atoms with Crippen LogP contribution in [-0.2, 0) is 11.3 Å². The first kappa shape index (κ1) is 15.4. The molecular weight excluding hydrogens is 289 g/mol. The lowest BCUT2D eigenvalue weighted by Gasteiger charge is -2.06. The highest BCUT2D eigenvalue weighted by Gasteiger charge is 2.04. The number of amides is 1. The lowest BCUT2D eigenvalue weighted by molar-refractivity contribution is -0.118. The molecule has 0 aliphatic rings. The summed E-state index contributed by atoms with van der Waals surface area (Å²) in [5.41, 5.74) is 0.871. The van der Waals surface area contributed by atoms with Crippen LogP contribution in [0.25, 0.3) is 0 Å². The van der Waals surface area contributed by atoms with Crippen molar-refractivity contribution in [2.45, 2.75) is 11.4 Å². The SMILES string of the molecule is COc1cccc(SCC(=O)NCc2ccc(F)cc2)c1. The third kappa shape index (κ3) is 5.11. The maximum atomic E-state index is 12.8. The third-order valence-electron chi connectivity index (χ3n) is 2.81. The lowest BCUT2D eigenvalue weighted by Crippen LogP contribution is -2.24. The van der Waals surface area contributed by atoms with Crippen LogP contribution < -0.4 is 10.1 Å². The summed E-state index contributed by atoms with van der Waals surface area (Å²) in [5.74, 6) is 0.756. The minimum Gasteiger partial charge on any atom is -0.497 e. The van der Waals surface area contributed by atoms with Crippen LogP contribution in [-0.4, -0.2) is 18.8 Å². The molecule has 0 atom stereocenters. The molecule has 0 heterocycles. The van der Waals surface area contributed by atoms with Gasteiger partial charge in [0.05, 0.1) is 12.9 Å². The Morgan fingerprint density at radius 2 is 2.00 bits per heavy atom. The Balaban J connectivity index is 1.78. The standard InChI is InChI=1S/C16H16FNO2S/c1-20-14-3-2-4-15(9-14)21-11-16(19)18-10-12-5-7-13(17)8-6-12/h2-9H,10-11H2,1H3,(H,18,19). The molecule has 3 nitrogen and oxygen atoms in total. The van der Waals surface area contributed by atoms with Gasteiger partial charge in [-0.3, -0.25) is 4.79 Å². The van der Waals surface area contributed by atoms with Crippen molar-refractivity contribution in [3.8, 4) is 5.75 Å². The number of hydrogen-bond acceptors (Lipinski definition) is 3. The summed E-state index contributed by atoms with van der Waals surface area (Å²) in [6, 6.07) is 13.6. The summed E-state index contributed by atoms with van der Waals surface area (Å²) in [5, 5.41) is 2.80. The largest absolute Gasteiger partial charge is 0.497 e. The number of carbonyl (C=O) groups is 1. The van der Waals surface area contributed by atoms with Gasteiger partial charge < -0.3 is 10.1 Å². The summed E-state index contributed by atoms with van der Waals surface area (Å²) >= 11 is 1.44. The number of halogens is 1. The van der Waals surface area contributed by atoms with Gasteiger partial charge in [0.15, 0.2) is 0 Å². The predicted octanol–water partition coefficient (Wildman–Crippen LogP) is 3.24. The average molecular weight is 305 g/mol. The van der Waals surface area contributed by atoms with Gasteiger partial charge in [0.1, 0.15) is 11.6 Å². The van der Waals surface area contributed by atoms with E-state index in [0.29, 0.717) is 12.3 Å². The number of nitrogens with one attached hydrogen (secondary N) is 1. The number of hydrogen-bond donors (Lipinski definition) is 1. The molecule has 0 fully saturated rings. The van der Waals surface area contributed by atoms with E-state index < -0.39 is 0 Å². The minimum absolute atomic E-state index is 0.0628. The second kappa shape index (κ2) is 7.69. The fourth-order valence-electron chi connectivity index (χ4n) is 1.69. The van der Waals surface area contributed by atoms with Crippen LogP contribution >= 0.6 is 11.8 Å². The summed E-state index contributed by atoms with van der Waals surface area (Å²) in [6.45, 7) is 0.401. The van der Waals surface area contributed by atoms with Crippen LogP contribution in [0.1, 0.15) is 5.56 Å². The highest BCUT2D eigenvalue weighted by molar-refractivity contribution is 8.00. The number of rotatable bonds is 6. The molecule has 0 saturated carbocycles. The van der Waals surface area contributed by atoms with Gasteiger partial charge in [-0.25, -0.2) is 4.39 Å². The van der Waals surface area contributed by atoms with Crippen LogP contribution in [0.4, 0.5) is 4.39 Å². The number of thioether (sulfide) groups is 1. The monoisotopic (exact) mass is 305 g/mol. The van der Waals surface area contributed by atoms with Gasteiger partial charge in [-0.05, 0) is 35.9 Å². The Kier molecular flexibility index (Phi) is 5.63. The van der Waals surface area contributed by atoms with Crippen LogP contribution in [0.5, 0.6) is 5.75 Å². The Bertz CT molecular complexity index is 601. The molecular formula is C16H16FNO2S. The zero-order valence-corrected chi connectivity index (χ0v) is 12.5. The normalized spacial score (nSPS) is 10.2. The van der Waals surface area contributed by atoms with Crippen molar-refractivity contribution in [2.24, 2.45) is 0 Å². The van der Waals surface area contributed by atoms with Crippen molar-refractivity contribution in [3.63, 3.8) is 0 Å². The van der Waals surface area contributed by atoms with Gasteiger partial charge in [0.25, 0.3) is 0 Å². The maximum Gasteiger partial charge on any atom is 0.230 e. The van der Waals surface area contributed by atoms with Gasteiger partial charge in [0, 0.05) is 11.4 Å². The van der Waals surface area contributed by atoms with Gasteiger partial charge in [-0.2, -0.15) is 0 Å². The molecule has 110 valence electrons. The van der Waals surface area contributed by atoms with E-state index in [0.717, 1.165) is 16.2 Å². The molecule has 1 N–H and O–H groups in total. The second-order valence-electron chi connectivity index (χ2n) is 4.37. The smallest absolute Gasteiger partial charge is 0.230 e. The van der Waals surface area contributed by atoms with E-state index in [4.69, 9.17) is 4.74 Å². The average Bonchev–Trinajstić information content (AvgIpc) is 2.52. The van der Waals surface area contributed by atoms with Gasteiger partial charge in [-0.15, -0.1) is 11.8 Å². The zero-order valence-electron chi connectivity index (χ0n) is 11.6. The molecule has 0 radical (unpaired) electrons. The molecule has 2 aromatic rings. The van der Waals surface area contributed by atoms with Crippen LogP contribution in [0.15, 0.2) is 53.4 Å². The highest BCUT2D eigenvalue weighted by atomic mass is 32.2. The van der Waals surface area contributed by atoms with Gasteiger partial charge in [-0.1, -0.05) is 18.2 Å². The first-order valence-corrected chi connectivity index (χ1v) is 7.44. The second-order valence-corrected chi connectivity index (χ2v) is 5.42. The Hall–Kier alpha value is -2.01. The summed E-state index contributed by atoms with van der Waals surface area (Å²) in [7, 11) is 1.61. The Morgan fingerprint density at radius 1 is 1.24 bits per heavy atom. The number of benzene rings is 2. The minimum atomic E-state index is -0.279. The highest BCUT2D eigenvalue weighted by Crippen LogP contribution is 2.22. The van der Waals surface area contributed by atoms with Crippen molar-refractivity contribution < 1.29 is 13.9 Å². The quantitative estimate of drug-likeness (QED) is 0.833. The van der Waals surface area contributed by atoms with Gasteiger partial charge in [0.2, 0.25) is 5.91 Å². The van der Waals surface area contributed by atoms with Crippen molar-refractivity contribution in [3.05, 3.63) is 59.9 Å². The Morgan fingerprint density at radius 3 is 2.71 bits per heavy atom. The van der Waals surface area contributed by atoms with E-state index in [9.17, 15) is 9.18 Å². The number of carbonyl (C=O) groups excluding carboxylic acids is 1. The van der Waals surface area contributed by atoms with E-state index in [1.54, 1.807) is 19.2 Å². The molecule has 0 aliphatic carbocycles. The van der Waals surface area contributed by atoms with E-state index in [-0.39, 0.29) is 11.7 Å². The van der Waals surface area contributed by atoms with Crippen molar-refractivity contribution in [1.29, 1.82) is 0 Å². The lowest BCUT2D eigenvalue weighted by atomic mass is 10.2. The molecule has 0 spiro atoms. The topological polar surface area (TPSA) is 38.3 Å². The number of methoxy groups -OCH3 is 1. The maximum absolute atomic E-state index is 12.8. The van der Waals surface area contributed by atoms with Crippen LogP contribution in [0, 0.1) is 5.82 Å². The summed E-state index contributed by atoms with van der Waals surface area (Å²) in [6.07, 6.45) is 0. The summed E-state index contributed by atoms with van der Waals surface area (Å²) < 4.78 is 17.9. The fraction of sp³-hybridized carbons (Fsp3) is 0.188. The Labute approximate surface area is 127 Å². The van der Waals surface area contributed by atoms with Crippen LogP contribution in [0.2, 0.25) is 0 Å². The van der Waals surface area contributed by atoms with E-state index in [2.05, 4.69) is 5.32 Å². The molecule has 1 amide bonds. The molecule has 0 aromatic heterocycles. The predicted molar refractivity (Wildman–Crippen MR) is 82.0 cm³/mol. The van der Waals surface area contributed by atoms with E-state index in [1.807, 2.05) is 24.3 Å².